The number of nitrogens with one attached hydrogen (secondary N) is 1. The van der Waals surface area contributed by atoms with Gasteiger partial charge in [-0.25, -0.2) is 0 Å². The Kier molecular flexibility index (Phi) is 5.36. The molecule has 1 amide bonds. The van der Waals surface area contributed by atoms with Crippen molar-refractivity contribution in [1.29, 1.82) is 0 Å². The van der Waals surface area contributed by atoms with E-state index in [1.807, 2.05) is 40.3 Å². The number of carbonyl (C=O) groups is 1. The molecule has 0 aliphatic carbocycles. The van der Waals surface area contributed by atoms with Crippen molar-refractivity contribution in [1.82, 2.24) is 9.88 Å². The highest BCUT2D eigenvalue weighted by molar-refractivity contribution is 9.10. The van der Waals surface area contributed by atoms with Gasteiger partial charge in [-0.05, 0) is 52.5 Å². The number of rotatable bonds is 5. The summed E-state index contributed by atoms with van der Waals surface area (Å²) in [6.07, 6.45) is 2.20. The molecule has 0 saturated carbocycles. The summed E-state index contributed by atoms with van der Waals surface area (Å²) in [5, 5.41) is 5.77. The molecule has 1 aliphatic rings. The zero-order valence-corrected chi connectivity index (χ0v) is 17.2. The number of hydrogen-bond donors (Lipinski definition) is 1. The Balaban J connectivity index is 1.64. The van der Waals surface area contributed by atoms with Crippen molar-refractivity contribution >= 4 is 55.0 Å². The molecule has 0 spiro atoms. The standard InChI is InChI=1S/C19H18BrClN2O2S/c20-15-11-26-17-8-16(19(24)22-9-14-5-2-6-25-14)23(18(15)17)10-12-3-1-4-13(21)7-12/h1,3-4,7-8,11,14H,2,5-6,9-10H2,(H,22,24)/t14-/m0/s1. The van der Waals surface area contributed by atoms with Crippen molar-refractivity contribution in [3.05, 3.63) is 56.5 Å². The number of halogens is 2. The monoisotopic (exact) mass is 452 g/mol. The fraction of sp³-hybridized carbons (Fsp3) is 0.316. The van der Waals surface area contributed by atoms with Gasteiger partial charge in [-0.15, -0.1) is 11.3 Å². The van der Waals surface area contributed by atoms with E-state index < -0.39 is 0 Å². The van der Waals surface area contributed by atoms with Crippen molar-refractivity contribution in [2.24, 2.45) is 0 Å². The second kappa shape index (κ2) is 7.72. The van der Waals surface area contributed by atoms with E-state index in [-0.39, 0.29) is 12.0 Å². The van der Waals surface area contributed by atoms with E-state index in [0.29, 0.717) is 23.8 Å². The summed E-state index contributed by atoms with van der Waals surface area (Å²) in [7, 11) is 0. The number of carbonyl (C=O) groups excluding carboxylic acids is 1. The number of aromatic nitrogens is 1. The molecule has 7 heteroatoms. The van der Waals surface area contributed by atoms with E-state index in [2.05, 4.69) is 21.2 Å². The van der Waals surface area contributed by atoms with Gasteiger partial charge in [-0.2, -0.15) is 0 Å². The van der Waals surface area contributed by atoms with Gasteiger partial charge in [0, 0.05) is 30.1 Å². The smallest absolute Gasteiger partial charge is 0.268 e. The first kappa shape index (κ1) is 18.0. The molecule has 1 aromatic carbocycles. The minimum atomic E-state index is -0.0715. The molecular formula is C19H18BrClN2O2S. The lowest BCUT2D eigenvalue weighted by Gasteiger charge is -2.14. The zero-order valence-electron chi connectivity index (χ0n) is 14.0. The molecule has 1 N–H and O–H groups in total. The molecule has 4 rings (SSSR count). The molecule has 136 valence electrons. The average molecular weight is 454 g/mol. The van der Waals surface area contributed by atoms with Gasteiger partial charge in [-0.1, -0.05) is 23.7 Å². The number of thiophene rings is 1. The average Bonchev–Trinajstić information content (AvgIpc) is 3.33. The number of ether oxygens (including phenoxy) is 1. The molecule has 0 bridgehead atoms. The lowest BCUT2D eigenvalue weighted by Crippen LogP contribution is -2.33. The number of hydrogen-bond acceptors (Lipinski definition) is 3. The predicted octanol–water partition coefficient (Wildman–Crippen LogP) is 5.08. The Morgan fingerprint density at radius 1 is 1.42 bits per heavy atom. The maximum Gasteiger partial charge on any atom is 0.268 e. The summed E-state index contributed by atoms with van der Waals surface area (Å²) in [6, 6.07) is 9.69. The highest BCUT2D eigenvalue weighted by Crippen LogP contribution is 2.34. The van der Waals surface area contributed by atoms with Crippen LogP contribution in [0.15, 0.2) is 40.2 Å². The third kappa shape index (κ3) is 3.69. The third-order valence-corrected chi connectivity index (χ3v) is 6.62. The van der Waals surface area contributed by atoms with E-state index in [1.165, 1.54) is 0 Å². The van der Waals surface area contributed by atoms with Gasteiger partial charge in [0.2, 0.25) is 0 Å². The van der Waals surface area contributed by atoms with E-state index >= 15 is 0 Å². The van der Waals surface area contributed by atoms with Gasteiger partial charge in [0.15, 0.2) is 0 Å². The maximum atomic E-state index is 12.8. The fourth-order valence-electron chi connectivity index (χ4n) is 3.30. The van der Waals surface area contributed by atoms with Gasteiger partial charge >= 0.3 is 0 Å². The number of nitrogens with zero attached hydrogens (tertiary/aromatic N) is 1. The van der Waals surface area contributed by atoms with Crippen molar-refractivity contribution in [3.8, 4) is 0 Å². The molecule has 1 aliphatic heterocycles. The van der Waals surface area contributed by atoms with Crippen LogP contribution in [0.5, 0.6) is 0 Å². The van der Waals surface area contributed by atoms with Crippen LogP contribution in [0.3, 0.4) is 0 Å². The quantitative estimate of drug-likeness (QED) is 0.586. The molecule has 3 heterocycles. The van der Waals surface area contributed by atoms with Crippen LogP contribution in [0.1, 0.15) is 28.9 Å². The van der Waals surface area contributed by atoms with Crippen molar-refractivity contribution in [2.45, 2.75) is 25.5 Å². The van der Waals surface area contributed by atoms with Crippen LogP contribution in [-0.4, -0.2) is 29.7 Å². The SMILES string of the molecule is O=C(NC[C@@H]1CCCO1)c1cc2scc(Br)c2n1Cc1cccc(Cl)c1. The van der Waals surface area contributed by atoms with E-state index in [9.17, 15) is 4.79 Å². The predicted molar refractivity (Wildman–Crippen MR) is 109 cm³/mol. The molecule has 26 heavy (non-hydrogen) atoms. The first-order valence-electron chi connectivity index (χ1n) is 8.52. The summed E-state index contributed by atoms with van der Waals surface area (Å²) in [5.74, 6) is -0.0715. The molecule has 4 nitrogen and oxygen atoms in total. The summed E-state index contributed by atoms with van der Waals surface area (Å²) >= 11 is 11.4. The van der Waals surface area contributed by atoms with E-state index in [4.69, 9.17) is 16.3 Å². The first-order chi connectivity index (χ1) is 12.6. The van der Waals surface area contributed by atoms with E-state index in [0.717, 1.165) is 39.7 Å². The Bertz CT molecular complexity index is 946. The Morgan fingerprint density at radius 3 is 3.08 bits per heavy atom. The lowest BCUT2D eigenvalue weighted by atomic mass is 10.2. The third-order valence-electron chi connectivity index (χ3n) is 4.55. The van der Waals surface area contributed by atoms with Crippen molar-refractivity contribution in [3.63, 3.8) is 0 Å². The molecule has 1 saturated heterocycles. The summed E-state index contributed by atoms with van der Waals surface area (Å²) < 4.78 is 9.73. The van der Waals surface area contributed by atoms with Crippen LogP contribution in [-0.2, 0) is 11.3 Å². The highest BCUT2D eigenvalue weighted by atomic mass is 79.9. The van der Waals surface area contributed by atoms with Crippen LogP contribution >= 0.6 is 38.9 Å². The van der Waals surface area contributed by atoms with Crippen molar-refractivity contribution < 1.29 is 9.53 Å². The summed E-state index contributed by atoms with van der Waals surface area (Å²) in [5.41, 5.74) is 2.75. The first-order valence-corrected chi connectivity index (χ1v) is 10.6. The topological polar surface area (TPSA) is 43.3 Å². The Morgan fingerprint density at radius 2 is 2.31 bits per heavy atom. The van der Waals surface area contributed by atoms with Gasteiger partial charge in [0.1, 0.15) is 5.69 Å². The fourth-order valence-corrected chi connectivity index (χ4v) is 5.21. The number of benzene rings is 1. The van der Waals surface area contributed by atoms with Crippen LogP contribution in [0.25, 0.3) is 10.2 Å². The number of amides is 1. The lowest BCUT2D eigenvalue weighted by molar-refractivity contribution is 0.0851. The molecular weight excluding hydrogens is 436 g/mol. The Labute approximate surface area is 169 Å². The minimum Gasteiger partial charge on any atom is -0.376 e. The zero-order chi connectivity index (χ0) is 18.1. The molecule has 0 unspecified atom stereocenters. The Hall–Kier alpha value is -1.34. The molecule has 2 aromatic heterocycles. The largest absolute Gasteiger partial charge is 0.376 e. The van der Waals surface area contributed by atoms with Crippen molar-refractivity contribution in [2.75, 3.05) is 13.2 Å². The maximum absolute atomic E-state index is 12.8. The second-order valence-corrected chi connectivity index (χ2v) is 8.59. The van der Waals surface area contributed by atoms with Crippen LogP contribution in [0.4, 0.5) is 0 Å². The van der Waals surface area contributed by atoms with Gasteiger partial charge in [0.05, 0.1) is 20.8 Å². The van der Waals surface area contributed by atoms with Crippen LogP contribution in [0.2, 0.25) is 5.02 Å². The number of fused-ring (bicyclic) bond motifs is 1. The molecule has 0 radical (unpaired) electrons. The molecule has 1 fully saturated rings. The molecule has 1 atom stereocenters. The molecule has 3 aromatic rings. The van der Waals surface area contributed by atoms with Crippen LogP contribution in [0, 0.1) is 0 Å². The summed E-state index contributed by atoms with van der Waals surface area (Å²) in [4.78, 5) is 12.8. The minimum absolute atomic E-state index is 0.0715. The second-order valence-electron chi connectivity index (χ2n) is 6.39. The van der Waals surface area contributed by atoms with E-state index in [1.54, 1.807) is 11.3 Å². The normalized spacial score (nSPS) is 17.1. The van der Waals surface area contributed by atoms with Gasteiger partial charge in [-0.3, -0.25) is 4.79 Å². The van der Waals surface area contributed by atoms with Crippen LogP contribution < -0.4 is 5.32 Å². The highest BCUT2D eigenvalue weighted by Gasteiger charge is 2.21. The van der Waals surface area contributed by atoms with Gasteiger partial charge in [0.25, 0.3) is 5.91 Å². The van der Waals surface area contributed by atoms with Gasteiger partial charge < -0.3 is 14.6 Å². The summed E-state index contributed by atoms with van der Waals surface area (Å²) in [6.45, 7) is 1.92.